The molecule has 0 spiro atoms. The molecule has 0 saturated heterocycles. The molecule has 88 valence electrons. The van der Waals surface area contributed by atoms with Crippen LogP contribution in [0.15, 0.2) is 30.3 Å². The predicted octanol–water partition coefficient (Wildman–Crippen LogP) is 2.39. The van der Waals surface area contributed by atoms with Gasteiger partial charge in [0.2, 0.25) is 5.54 Å². The maximum atomic E-state index is 10.7. The van der Waals surface area contributed by atoms with Crippen molar-refractivity contribution in [1.29, 1.82) is 0 Å². The Morgan fingerprint density at radius 3 is 2.44 bits per heavy atom. The van der Waals surface area contributed by atoms with E-state index in [1.54, 1.807) is 13.8 Å². The molecule has 0 fully saturated rings. The highest BCUT2D eigenvalue weighted by Crippen LogP contribution is 2.13. The highest BCUT2D eigenvalue weighted by Gasteiger charge is 2.30. The first-order chi connectivity index (χ1) is 7.43. The van der Waals surface area contributed by atoms with Gasteiger partial charge < -0.3 is 5.32 Å². The summed E-state index contributed by atoms with van der Waals surface area (Å²) < 4.78 is 0. The fourth-order valence-electron chi connectivity index (χ4n) is 1.33. The average molecular weight is 222 g/mol. The van der Waals surface area contributed by atoms with E-state index in [1.165, 1.54) is 0 Å². The lowest BCUT2D eigenvalue weighted by molar-refractivity contribution is -0.558. The van der Waals surface area contributed by atoms with Gasteiger partial charge in [-0.25, -0.2) is 0 Å². The van der Waals surface area contributed by atoms with Gasteiger partial charge in [-0.3, -0.25) is 10.1 Å². The van der Waals surface area contributed by atoms with Gasteiger partial charge >= 0.3 is 0 Å². The third kappa shape index (κ3) is 3.31. The average Bonchev–Trinajstić information content (AvgIpc) is 2.27. The first kappa shape index (κ1) is 12.6. The number of benzene rings is 1. The summed E-state index contributed by atoms with van der Waals surface area (Å²) in [5.74, 6) is 0. The number of nitrogens with one attached hydrogen (secondary N) is 1. The van der Waals surface area contributed by atoms with Crippen LogP contribution in [0.25, 0.3) is 0 Å². The summed E-state index contributed by atoms with van der Waals surface area (Å²) in [6.45, 7) is 5.61. The van der Waals surface area contributed by atoms with Crippen molar-refractivity contribution in [3.05, 3.63) is 46.0 Å². The Hall–Kier alpha value is -1.42. The van der Waals surface area contributed by atoms with Gasteiger partial charge in [-0.15, -0.1) is 0 Å². The van der Waals surface area contributed by atoms with Gasteiger partial charge in [-0.05, 0) is 12.5 Å². The lowest BCUT2D eigenvalue weighted by Crippen LogP contribution is -2.42. The fourth-order valence-corrected chi connectivity index (χ4v) is 1.33. The molecule has 0 aliphatic rings. The van der Waals surface area contributed by atoms with Crippen molar-refractivity contribution in [2.24, 2.45) is 0 Å². The first-order valence-electron chi connectivity index (χ1n) is 5.36. The molecule has 16 heavy (non-hydrogen) atoms. The molecule has 4 nitrogen and oxygen atoms in total. The molecule has 1 rings (SSSR count). The van der Waals surface area contributed by atoms with Crippen LogP contribution in [0, 0.1) is 10.1 Å². The molecule has 4 heteroatoms. The standard InChI is InChI=1S/C12H18N2O2/c1-10(11-7-5-4-6-8-11)13-9-12(2,3)14(15)16/h4-8,10,13H,9H2,1-3H3/t10-/m1/s1. The summed E-state index contributed by atoms with van der Waals surface area (Å²) in [6.07, 6.45) is 0. The Morgan fingerprint density at radius 2 is 1.94 bits per heavy atom. The Kier molecular flexibility index (Phi) is 4.01. The molecule has 0 saturated carbocycles. The van der Waals surface area contributed by atoms with E-state index in [1.807, 2.05) is 37.3 Å². The Morgan fingerprint density at radius 1 is 1.38 bits per heavy atom. The summed E-state index contributed by atoms with van der Waals surface area (Å²) in [4.78, 5) is 10.5. The third-order valence-corrected chi connectivity index (χ3v) is 2.63. The lowest BCUT2D eigenvalue weighted by atomic mass is 10.0. The molecular weight excluding hydrogens is 204 g/mol. The van der Waals surface area contributed by atoms with Crippen LogP contribution >= 0.6 is 0 Å². The maximum Gasteiger partial charge on any atom is 0.229 e. The van der Waals surface area contributed by atoms with Crippen LogP contribution < -0.4 is 5.32 Å². The molecule has 0 amide bonds. The van der Waals surface area contributed by atoms with E-state index in [0.717, 1.165) is 5.56 Å². The van der Waals surface area contributed by atoms with Crippen molar-refractivity contribution in [3.63, 3.8) is 0 Å². The van der Waals surface area contributed by atoms with Crippen LogP contribution in [-0.4, -0.2) is 17.0 Å². The smallest absolute Gasteiger partial charge is 0.229 e. The Balaban J connectivity index is 2.54. The van der Waals surface area contributed by atoms with E-state index >= 15 is 0 Å². The van der Waals surface area contributed by atoms with Crippen molar-refractivity contribution < 1.29 is 4.92 Å². The van der Waals surface area contributed by atoms with Crippen LogP contribution in [0.1, 0.15) is 32.4 Å². The summed E-state index contributed by atoms with van der Waals surface area (Å²) in [7, 11) is 0. The van der Waals surface area contributed by atoms with Gasteiger partial charge in [0.15, 0.2) is 0 Å². The van der Waals surface area contributed by atoms with Gasteiger partial charge in [0, 0.05) is 24.8 Å². The van der Waals surface area contributed by atoms with E-state index in [-0.39, 0.29) is 11.0 Å². The maximum absolute atomic E-state index is 10.7. The highest BCUT2D eigenvalue weighted by molar-refractivity contribution is 5.18. The van der Waals surface area contributed by atoms with Gasteiger partial charge in [0.05, 0.1) is 6.54 Å². The van der Waals surface area contributed by atoms with Crippen LogP contribution in [0.5, 0.6) is 0 Å². The molecule has 0 heterocycles. The van der Waals surface area contributed by atoms with Crippen LogP contribution in [-0.2, 0) is 0 Å². The van der Waals surface area contributed by atoms with Crippen molar-refractivity contribution in [2.75, 3.05) is 6.54 Å². The molecule has 1 aromatic rings. The minimum absolute atomic E-state index is 0.125. The van der Waals surface area contributed by atoms with E-state index in [0.29, 0.717) is 6.54 Å². The van der Waals surface area contributed by atoms with E-state index in [4.69, 9.17) is 0 Å². The summed E-state index contributed by atoms with van der Waals surface area (Å²) in [5, 5.41) is 13.9. The van der Waals surface area contributed by atoms with E-state index in [9.17, 15) is 10.1 Å². The summed E-state index contributed by atoms with van der Waals surface area (Å²) in [6, 6.07) is 10.0. The topological polar surface area (TPSA) is 55.2 Å². The lowest BCUT2D eigenvalue weighted by Gasteiger charge is -2.20. The molecular formula is C12H18N2O2. The zero-order valence-electron chi connectivity index (χ0n) is 9.93. The number of hydrogen-bond acceptors (Lipinski definition) is 3. The Bertz CT molecular complexity index is 349. The van der Waals surface area contributed by atoms with Crippen molar-refractivity contribution in [3.8, 4) is 0 Å². The molecule has 0 aliphatic heterocycles. The molecule has 0 unspecified atom stereocenters. The van der Waals surface area contributed by atoms with Gasteiger partial charge in [0.1, 0.15) is 0 Å². The SMILES string of the molecule is C[C@@H](NCC(C)(C)[N+](=O)[O-])c1ccccc1. The van der Waals surface area contributed by atoms with Gasteiger partial charge in [0.25, 0.3) is 0 Å². The predicted molar refractivity (Wildman–Crippen MR) is 63.9 cm³/mol. The quantitative estimate of drug-likeness (QED) is 0.614. The molecule has 0 radical (unpaired) electrons. The van der Waals surface area contributed by atoms with Crippen molar-refractivity contribution in [1.82, 2.24) is 5.32 Å². The van der Waals surface area contributed by atoms with Crippen LogP contribution in [0.4, 0.5) is 0 Å². The van der Waals surface area contributed by atoms with Crippen molar-refractivity contribution in [2.45, 2.75) is 32.4 Å². The van der Waals surface area contributed by atoms with E-state index < -0.39 is 5.54 Å². The third-order valence-electron chi connectivity index (χ3n) is 2.63. The number of nitrogens with zero attached hydrogens (tertiary/aromatic N) is 1. The monoisotopic (exact) mass is 222 g/mol. The molecule has 1 atom stereocenters. The van der Waals surface area contributed by atoms with E-state index in [2.05, 4.69) is 5.32 Å². The summed E-state index contributed by atoms with van der Waals surface area (Å²) >= 11 is 0. The number of rotatable bonds is 5. The molecule has 0 aromatic heterocycles. The molecule has 1 aromatic carbocycles. The second-order valence-electron chi connectivity index (χ2n) is 4.58. The Labute approximate surface area is 95.8 Å². The zero-order chi connectivity index (χ0) is 12.2. The van der Waals surface area contributed by atoms with Crippen molar-refractivity contribution >= 4 is 0 Å². The largest absolute Gasteiger partial charge is 0.304 e. The van der Waals surface area contributed by atoms with Gasteiger partial charge in [-0.2, -0.15) is 0 Å². The number of nitro groups is 1. The summed E-state index contributed by atoms with van der Waals surface area (Å²) in [5.41, 5.74) is 0.213. The second kappa shape index (κ2) is 5.07. The minimum Gasteiger partial charge on any atom is -0.304 e. The number of hydrogen-bond donors (Lipinski definition) is 1. The fraction of sp³-hybridized carbons (Fsp3) is 0.500. The first-order valence-corrected chi connectivity index (χ1v) is 5.36. The normalized spacial score (nSPS) is 13.4. The molecule has 0 bridgehead atoms. The molecule has 0 aliphatic carbocycles. The minimum atomic E-state index is -0.928. The molecule has 1 N–H and O–H groups in total. The highest BCUT2D eigenvalue weighted by atomic mass is 16.6. The van der Waals surface area contributed by atoms with Crippen LogP contribution in [0.2, 0.25) is 0 Å². The van der Waals surface area contributed by atoms with Gasteiger partial charge in [-0.1, -0.05) is 30.3 Å². The second-order valence-corrected chi connectivity index (χ2v) is 4.58. The van der Waals surface area contributed by atoms with Crippen LogP contribution in [0.3, 0.4) is 0 Å². The zero-order valence-corrected chi connectivity index (χ0v) is 9.93.